The largest absolute Gasteiger partial charge is 0.0616 e. The molecule has 0 spiro atoms. The highest BCUT2D eigenvalue weighted by atomic mass is 14.3. The molecule has 0 amide bonds. The molecule has 0 saturated carbocycles. The number of hydrogen-bond acceptors (Lipinski definition) is 0. The van der Waals surface area contributed by atoms with E-state index in [2.05, 4.69) is 146 Å². The molecule has 0 unspecified atom stereocenters. The smallest absolute Gasteiger partial charge is 0.000719 e. The zero-order valence-electron chi connectivity index (χ0n) is 22.8. The highest BCUT2D eigenvalue weighted by molar-refractivity contribution is 6.29. The molecule has 41 heavy (non-hydrogen) atoms. The average molecular weight is 519 g/mol. The van der Waals surface area contributed by atoms with Gasteiger partial charge in [0.05, 0.1) is 0 Å². The van der Waals surface area contributed by atoms with Crippen molar-refractivity contribution >= 4 is 43.1 Å². The molecule has 1 aliphatic carbocycles. The van der Waals surface area contributed by atoms with Crippen LogP contribution < -0.4 is 0 Å². The second kappa shape index (κ2) is 8.40. The van der Waals surface area contributed by atoms with E-state index in [0.29, 0.717) is 0 Å². The lowest BCUT2D eigenvalue weighted by atomic mass is 9.81. The van der Waals surface area contributed by atoms with Crippen molar-refractivity contribution in [1.29, 1.82) is 0 Å². The molecule has 0 heterocycles. The number of rotatable bonds is 2. The molecule has 0 aromatic heterocycles. The second-order valence-corrected chi connectivity index (χ2v) is 11.3. The van der Waals surface area contributed by atoms with Gasteiger partial charge in [0.2, 0.25) is 0 Å². The SMILES string of the molecule is Cc1ccc2c3c(cccc13)-c1c-2c(-c2cccc3ccccc23)c2ccccc2c1-c1cccc2ccccc12. The topological polar surface area (TPSA) is 0 Å². The Labute approximate surface area is 239 Å². The number of benzene rings is 8. The van der Waals surface area contributed by atoms with Crippen molar-refractivity contribution in [2.24, 2.45) is 0 Å². The van der Waals surface area contributed by atoms with Gasteiger partial charge in [-0.1, -0.05) is 140 Å². The third-order valence-corrected chi connectivity index (χ3v) is 9.13. The molecule has 0 bridgehead atoms. The molecule has 0 radical (unpaired) electrons. The second-order valence-electron chi connectivity index (χ2n) is 11.3. The minimum atomic E-state index is 1.27. The van der Waals surface area contributed by atoms with Crippen LogP contribution in [0.4, 0.5) is 0 Å². The van der Waals surface area contributed by atoms with Gasteiger partial charge in [-0.2, -0.15) is 0 Å². The van der Waals surface area contributed by atoms with Gasteiger partial charge in [-0.05, 0) is 100 Å². The van der Waals surface area contributed by atoms with Gasteiger partial charge in [0, 0.05) is 0 Å². The summed E-state index contributed by atoms with van der Waals surface area (Å²) in [5, 5.41) is 10.4. The Bertz CT molecular complexity index is 2230. The lowest BCUT2D eigenvalue weighted by molar-refractivity contribution is 1.54. The summed E-state index contributed by atoms with van der Waals surface area (Å²) in [4.78, 5) is 0. The number of aryl methyl sites for hydroxylation is 1. The zero-order valence-corrected chi connectivity index (χ0v) is 22.8. The fourth-order valence-corrected chi connectivity index (χ4v) is 7.39. The van der Waals surface area contributed by atoms with Crippen molar-refractivity contribution < 1.29 is 0 Å². The summed E-state index contributed by atoms with van der Waals surface area (Å²) >= 11 is 0. The van der Waals surface area contributed by atoms with E-state index in [1.54, 1.807) is 0 Å². The van der Waals surface area contributed by atoms with Gasteiger partial charge in [-0.3, -0.25) is 0 Å². The summed E-state index contributed by atoms with van der Waals surface area (Å²) in [7, 11) is 0. The van der Waals surface area contributed by atoms with Gasteiger partial charge >= 0.3 is 0 Å². The molecule has 0 N–H and O–H groups in total. The predicted octanol–water partition coefficient (Wildman–Crippen LogP) is 11.6. The Morgan fingerprint density at radius 1 is 0.293 bits per heavy atom. The Morgan fingerprint density at radius 2 is 0.707 bits per heavy atom. The van der Waals surface area contributed by atoms with Crippen molar-refractivity contribution in [2.75, 3.05) is 0 Å². The van der Waals surface area contributed by atoms with Crippen LogP contribution in [0, 0.1) is 6.92 Å². The van der Waals surface area contributed by atoms with Crippen molar-refractivity contribution in [3.05, 3.63) is 145 Å². The van der Waals surface area contributed by atoms with Crippen LogP contribution in [0.15, 0.2) is 140 Å². The molecule has 8 aromatic carbocycles. The number of hydrogen-bond donors (Lipinski definition) is 0. The van der Waals surface area contributed by atoms with E-state index < -0.39 is 0 Å². The first kappa shape index (κ1) is 22.6. The third kappa shape index (κ3) is 3.05. The summed E-state index contributed by atoms with van der Waals surface area (Å²) in [6.07, 6.45) is 0. The van der Waals surface area contributed by atoms with E-state index in [4.69, 9.17) is 0 Å². The van der Waals surface area contributed by atoms with E-state index >= 15 is 0 Å². The van der Waals surface area contributed by atoms with Gasteiger partial charge in [0.25, 0.3) is 0 Å². The van der Waals surface area contributed by atoms with Crippen LogP contribution in [-0.2, 0) is 0 Å². The minimum absolute atomic E-state index is 1.27. The van der Waals surface area contributed by atoms with E-state index in [0.717, 1.165) is 0 Å². The molecule has 0 nitrogen and oxygen atoms in total. The lowest BCUT2D eigenvalue weighted by Crippen LogP contribution is -1.94. The maximum absolute atomic E-state index is 2.36. The molecule has 0 fully saturated rings. The van der Waals surface area contributed by atoms with E-state index in [1.165, 1.54) is 93.2 Å². The van der Waals surface area contributed by atoms with Gasteiger partial charge in [0.1, 0.15) is 0 Å². The molecular formula is C41H26. The molecule has 0 heteroatoms. The van der Waals surface area contributed by atoms with E-state index in [1.807, 2.05) is 0 Å². The van der Waals surface area contributed by atoms with Crippen LogP contribution in [0.2, 0.25) is 0 Å². The average Bonchev–Trinajstić information content (AvgIpc) is 3.36. The van der Waals surface area contributed by atoms with Crippen molar-refractivity contribution in [2.45, 2.75) is 6.92 Å². The van der Waals surface area contributed by atoms with Gasteiger partial charge in [0.15, 0.2) is 0 Å². The predicted molar refractivity (Wildman–Crippen MR) is 177 cm³/mol. The first-order chi connectivity index (χ1) is 20.3. The zero-order chi connectivity index (χ0) is 27.1. The van der Waals surface area contributed by atoms with Crippen LogP contribution in [0.25, 0.3) is 87.6 Å². The maximum atomic E-state index is 2.36. The highest BCUT2D eigenvalue weighted by Gasteiger charge is 2.31. The first-order valence-electron chi connectivity index (χ1n) is 14.4. The van der Waals surface area contributed by atoms with Crippen LogP contribution in [-0.4, -0.2) is 0 Å². The minimum Gasteiger partial charge on any atom is -0.0616 e. The van der Waals surface area contributed by atoms with Crippen LogP contribution in [0.1, 0.15) is 5.56 Å². The molecule has 190 valence electrons. The van der Waals surface area contributed by atoms with Gasteiger partial charge in [-0.25, -0.2) is 0 Å². The van der Waals surface area contributed by atoms with Gasteiger partial charge in [-0.15, -0.1) is 0 Å². The summed E-state index contributed by atoms with van der Waals surface area (Å²) in [6, 6.07) is 51.7. The van der Waals surface area contributed by atoms with Crippen LogP contribution >= 0.6 is 0 Å². The van der Waals surface area contributed by atoms with Crippen molar-refractivity contribution in [3.8, 4) is 44.5 Å². The quantitative estimate of drug-likeness (QED) is 0.213. The number of fused-ring (bicyclic) bond motifs is 6. The Morgan fingerprint density at radius 3 is 1.29 bits per heavy atom. The molecular weight excluding hydrogens is 492 g/mol. The Balaban J connectivity index is 1.57. The summed E-state index contributed by atoms with van der Waals surface area (Å²) in [5.74, 6) is 0. The molecule has 9 rings (SSSR count). The fraction of sp³-hybridized carbons (Fsp3) is 0.0244. The normalized spacial score (nSPS) is 12.0. The lowest BCUT2D eigenvalue weighted by Gasteiger charge is -2.22. The highest BCUT2D eigenvalue weighted by Crippen LogP contribution is 2.58. The fourth-order valence-electron chi connectivity index (χ4n) is 7.39. The van der Waals surface area contributed by atoms with E-state index in [-0.39, 0.29) is 0 Å². The molecule has 8 aromatic rings. The molecule has 1 aliphatic rings. The van der Waals surface area contributed by atoms with E-state index in [9.17, 15) is 0 Å². The van der Waals surface area contributed by atoms with Crippen LogP contribution in [0.3, 0.4) is 0 Å². The van der Waals surface area contributed by atoms with Crippen molar-refractivity contribution in [1.82, 2.24) is 0 Å². The first-order valence-corrected chi connectivity index (χ1v) is 14.4. The molecule has 0 saturated heterocycles. The van der Waals surface area contributed by atoms with Crippen LogP contribution in [0.5, 0.6) is 0 Å². The van der Waals surface area contributed by atoms with Gasteiger partial charge < -0.3 is 0 Å². The molecule has 0 aliphatic heterocycles. The monoisotopic (exact) mass is 518 g/mol. The summed E-state index contributed by atoms with van der Waals surface area (Å²) < 4.78 is 0. The van der Waals surface area contributed by atoms with Crippen molar-refractivity contribution in [3.63, 3.8) is 0 Å². The third-order valence-electron chi connectivity index (χ3n) is 9.13. The Hall–Kier alpha value is -5.20. The molecule has 0 atom stereocenters. The summed E-state index contributed by atoms with van der Waals surface area (Å²) in [5.41, 5.74) is 12.0. The Kier molecular flexibility index (Phi) is 4.63. The maximum Gasteiger partial charge on any atom is -0.000719 e. The standard InChI is InChI=1S/C41H26/c1-25-23-24-36-37-28(25)19-10-22-35(37)40-38(31-20-8-13-26-11-2-4-15-29(26)31)33-17-6-7-18-34(33)39(41(36)40)32-21-9-14-27-12-3-5-16-30(27)32/h2-24H,1H3. The summed E-state index contributed by atoms with van der Waals surface area (Å²) in [6.45, 7) is 2.24.